The highest BCUT2D eigenvalue weighted by atomic mass is 16.7. The highest BCUT2D eigenvalue weighted by Gasteiger charge is 2.46. The number of hydrogen-bond acceptors (Lipinski definition) is 6. The van der Waals surface area contributed by atoms with E-state index in [1.807, 2.05) is 0 Å². The number of allylic oxidation sites excluding steroid dienone is 4. The maximum atomic E-state index is 12.2. The number of nitrogens with one attached hydrogen (secondary N) is 1. The van der Waals surface area contributed by atoms with Gasteiger partial charge in [-0.2, -0.15) is 0 Å². The van der Waals surface area contributed by atoms with Gasteiger partial charge >= 0.3 is 11.9 Å². The minimum absolute atomic E-state index is 0.122. The Bertz CT molecular complexity index is 841. The fourth-order valence-electron chi connectivity index (χ4n) is 3.16. The van der Waals surface area contributed by atoms with Gasteiger partial charge in [-0.3, -0.25) is 4.79 Å². The molecular weight excluding hydrogens is 360 g/mol. The van der Waals surface area contributed by atoms with Crippen molar-refractivity contribution in [2.24, 2.45) is 5.73 Å². The maximum absolute atomic E-state index is 12.2. The number of carbonyl (C=O) groups excluding carboxylic acids is 3. The maximum Gasteiger partial charge on any atom is 0.348 e. The number of carbonyl (C=O) groups is 3. The summed E-state index contributed by atoms with van der Waals surface area (Å²) in [4.78, 5) is 35.5. The zero-order chi connectivity index (χ0) is 20.0. The number of hydrogen-bond donors (Lipinski definition) is 2. The van der Waals surface area contributed by atoms with Crippen LogP contribution in [0.15, 0.2) is 60.3 Å². The molecule has 146 valence electrons. The third-order valence-electron chi connectivity index (χ3n) is 4.59. The van der Waals surface area contributed by atoms with Crippen LogP contribution < -0.4 is 11.1 Å². The Hall–Kier alpha value is -3.35. The predicted molar refractivity (Wildman–Crippen MR) is 103 cm³/mol. The van der Waals surface area contributed by atoms with Crippen LogP contribution in [-0.2, 0) is 19.1 Å². The van der Waals surface area contributed by atoms with Gasteiger partial charge in [0.15, 0.2) is 0 Å². The van der Waals surface area contributed by atoms with Crippen LogP contribution >= 0.6 is 0 Å². The summed E-state index contributed by atoms with van der Waals surface area (Å²) in [6.45, 7) is 0. The largest absolute Gasteiger partial charge is 0.419 e. The summed E-state index contributed by atoms with van der Waals surface area (Å²) in [5, 5.41) is 2.99. The first-order valence-electron chi connectivity index (χ1n) is 9.16. The van der Waals surface area contributed by atoms with Crippen LogP contribution in [0.1, 0.15) is 42.5 Å². The van der Waals surface area contributed by atoms with Crippen molar-refractivity contribution in [2.45, 2.75) is 37.9 Å². The molecule has 3 rings (SSSR count). The smallest absolute Gasteiger partial charge is 0.348 e. The van der Waals surface area contributed by atoms with E-state index < -0.39 is 23.6 Å². The Morgan fingerprint density at radius 2 is 1.75 bits per heavy atom. The van der Waals surface area contributed by atoms with Crippen molar-refractivity contribution in [1.29, 1.82) is 0 Å². The molecule has 1 aliphatic carbocycles. The van der Waals surface area contributed by atoms with Gasteiger partial charge in [-0.25, -0.2) is 9.59 Å². The standard InChI is InChI=1S/C21H22N2O5/c22-18(24)15-8-7-9-16(14-15)23-13-6-1-3-10-17-19(25)27-21(28-20(17)26)11-4-2-5-12-21/h1,3,6-10,13-14,23H,2,4-5,11-12H2,(H2,22,24)/b3-1+,13-6+. The molecule has 1 saturated carbocycles. The van der Waals surface area contributed by atoms with Crippen LogP contribution in [0.2, 0.25) is 0 Å². The average Bonchev–Trinajstić information content (AvgIpc) is 2.67. The van der Waals surface area contributed by atoms with E-state index in [-0.39, 0.29) is 5.57 Å². The second-order valence-electron chi connectivity index (χ2n) is 6.66. The molecule has 1 aromatic rings. The third kappa shape index (κ3) is 4.68. The van der Waals surface area contributed by atoms with Crippen molar-refractivity contribution in [3.05, 3.63) is 65.9 Å². The number of benzene rings is 1. The number of primary amides is 1. The lowest BCUT2D eigenvalue weighted by molar-refractivity contribution is -0.244. The molecule has 0 radical (unpaired) electrons. The van der Waals surface area contributed by atoms with Crippen molar-refractivity contribution in [3.8, 4) is 0 Å². The van der Waals surface area contributed by atoms with E-state index in [9.17, 15) is 14.4 Å². The van der Waals surface area contributed by atoms with Gasteiger partial charge in [0, 0.05) is 30.3 Å². The Morgan fingerprint density at radius 1 is 1.04 bits per heavy atom. The van der Waals surface area contributed by atoms with Crippen LogP contribution in [0.5, 0.6) is 0 Å². The molecule has 1 aliphatic heterocycles. The number of amides is 1. The summed E-state index contributed by atoms with van der Waals surface area (Å²) >= 11 is 0. The molecule has 1 heterocycles. The predicted octanol–water partition coefficient (Wildman–Crippen LogP) is 2.95. The van der Waals surface area contributed by atoms with Gasteiger partial charge in [0.25, 0.3) is 5.79 Å². The Labute approximate surface area is 162 Å². The molecule has 2 aliphatic rings. The summed E-state index contributed by atoms with van der Waals surface area (Å²) in [6.07, 6.45) is 11.8. The normalized spacial score (nSPS) is 18.9. The third-order valence-corrected chi connectivity index (χ3v) is 4.59. The number of nitrogens with two attached hydrogens (primary N) is 1. The minimum atomic E-state index is -1.07. The molecule has 1 saturated heterocycles. The molecule has 1 amide bonds. The summed E-state index contributed by atoms with van der Waals surface area (Å²) in [6, 6.07) is 6.77. The first-order valence-corrected chi connectivity index (χ1v) is 9.16. The molecule has 3 N–H and O–H groups in total. The Kier molecular flexibility index (Phi) is 5.93. The molecule has 1 spiro atoms. The van der Waals surface area contributed by atoms with Crippen molar-refractivity contribution < 1.29 is 23.9 Å². The molecule has 0 atom stereocenters. The van der Waals surface area contributed by atoms with Gasteiger partial charge in [0.2, 0.25) is 5.91 Å². The van der Waals surface area contributed by atoms with Gasteiger partial charge < -0.3 is 20.5 Å². The number of rotatable bonds is 5. The van der Waals surface area contributed by atoms with Crippen LogP contribution in [-0.4, -0.2) is 23.6 Å². The van der Waals surface area contributed by atoms with E-state index in [4.69, 9.17) is 15.2 Å². The van der Waals surface area contributed by atoms with Crippen molar-refractivity contribution in [2.75, 3.05) is 5.32 Å². The zero-order valence-electron chi connectivity index (χ0n) is 15.4. The van der Waals surface area contributed by atoms with E-state index >= 15 is 0 Å². The van der Waals surface area contributed by atoms with E-state index in [2.05, 4.69) is 5.32 Å². The fraction of sp³-hybridized carbons (Fsp3) is 0.286. The lowest BCUT2D eigenvalue weighted by Gasteiger charge is -2.38. The summed E-state index contributed by atoms with van der Waals surface area (Å²) < 4.78 is 10.8. The molecule has 0 bridgehead atoms. The molecule has 28 heavy (non-hydrogen) atoms. The summed E-state index contributed by atoms with van der Waals surface area (Å²) in [5.41, 5.74) is 6.23. The van der Waals surface area contributed by atoms with Crippen LogP contribution in [0.3, 0.4) is 0 Å². The first kappa shape index (κ1) is 19.4. The highest BCUT2D eigenvalue weighted by molar-refractivity contribution is 6.15. The molecule has 0 aromatic heterocycles. The molecule has 1 aromatic carbocycles. The number of anilines is 1. The zero-order valence-corrected chi connectivity index (χ0v) is 15.4. The number of ether oxygens (including phenoxy) is 2. The van der Waals surface area contributed by atoms with Crippen LogP contribution in [0, 0.1) is 0 Å². The Balaban J connectivity index is 1.56. The molecule has 7 nitrogen and oxygen atoms in total. The van der Waals surface area contributed by atoms with Crippen molar-refractivity contribution in [1.82, 2.24) is 0 Å². The highest BCUT2D eigenvalue weighted by Crippen LogP contribution is 2.36. The second kappa shape index (κ2) is 8.56. The van der Waals surface area contributed by atoms with E-state index in [0.717, 1.165) is 19.3 Å². The first-order chi connectivity index (χ1) is 13.5. The van der Waals surface area contributed by atoms with Gasteiger partial charge in [-0.15, -0.1) is 0 Å². The van der Waals surface area contributed by atoms with Crippen molar-refractivity contribution in [3.63, 3.8) is 0 Å². The monoisotopic (exact) mass is 382 g/mol. The fourth-order valence-corrected chi connectivity index (χ4v) is 3.16. The van der Waals surface area contributed by atoms with Crippen molar-refractivity contribution >= 4 is 23.5 Å². The van der Waals surface area contributed by atoms with Crippen LogP contribution in [0.25, 0.3) is 0 Å². The SMILES string of the molecule is NC(=O)c1cccc(N/C=C/C=C/C=C2C(=O)OC3(CCCCC3)OC2=O)c1. The minimum Gasteiger partial charge on any atom is -0.419 e. The summed E-state index contributed by atoms with van der Waals surface area (Å²) in [5.74, 6) is -2.86. The Morgan fingerprint density at radius 3 is 2.43 bits per heavy atom. The molecule has 7 heteroatoms. The topological polar surface area (TPSA) is 108 Å². The molecule has 0 unspecified atom stereocenters. The van der Waals surface area contributed by atoms with E-state index in [0.29, 0.717) is 24.1 Å². The van der Waals surface area contributed by atoms with Gasteiger partial charge in [0.05, 0.1) is 0 Å². The number of esters is 2. The quantitative estimate of drug-likeness (QED) is 0.351. The summed E-state index contributed by atoms with van der Waals surface area (Å²) in [7, 11) is 0. The molecular formula is C21H22N2O5. The van der Waals surface area contributed by atoms with Gasteiger partial charge in [-0.1, -0.05) is 24.6 Å². The average molecular weight is 382 g/mol. The van der Waals surface area contributed by atoms with Gasteiger partial charge in [0.1, 0.15) is 5.57 Å². The van der Waals surface area contributed by atoms with E-state index in [1.165, 1.54) is 6.08 Å². The lowest BCUT2D eigenvalue weighted by Crippen LogP contribution is -2.47. The second-order valence-corrected chi connectivity index (χ2v) is 6.66. The molecule has 2 fully saturated rings. The van der Waals surface area contributed by atoms with Gasteiger partial charge in [-0.05, 0) is 43.2 Å². The van der Waals surface area contributed by atoms with E-state index in [1.54, 1.807) is 48.7 Å². The van der Waals surface area contributed by atoms with Crippen LogP contribution in [0.4, 0.5) is 5.69 Å². The lowest BCUT2D eigenvalue weighted by atomic mass is 9.93.